The number of hydrogen-bond acceptors (Lipinski definition) is 6. The summed E-state index contributed by atoms with van der Waals surface area (Å²) in [6.07, 6.45) is 1.10. The average molecular weight is 596 g/mol. The third-order valence-corrected chi connectivity index (χ3v) is 5.94. The molecule has 0 spiro atoms. The number of amides is 2. The standard InChI is InChI=1S/C26H32BrClN4O5/c1-25(2,3)36-23(33)30-16(11-15-13-29-19-10-8-7-9-17(15)19)14-35-20-12-18(27)21(28)31-22(20)32-24(34)37-26(4,5)6/h7-10,12-13,16,29H,11,14H2,1-6H3,(H,30,33)(H,31,32,34). The van der Waals surface area contributed by atoms with Gasteiger partial charge in [-0.25, -0.2) is 14.6 Å². The first-order valence-corrected chi connectivity index (χ1v) is 12.9. The first-order chi connectivity index (χ1) is 17.2. The second-order valence-corrected chi connectivity index (χ2v) is 11.7. The van der Waals surface area contributed by atoms with E-state index in [2.05, 4.69) is 36.5 Å². The number of aromatic nitrogens is 2. The zero-order valence-electron chi connectivity index (χ0n) is 21.7. The van der Waals surface area contributed by atoms with E-state index in [1.54, 1.807) is 47.6 Å². The minimum absolute atomic E-state index is 0.0531. The van der Waals surface area contributed by atoms with Gasteiger partial charge >= 0.3 is 12.2 Å². The molecule has 3 rings (SSSR count). The van der Waals surface area contributed by atoms with Crippen LogP contribution in [0, 0.1) is 0 Å². The Labute approximate surface area is 229 Å². The first kappa shape index (κ1) is 28.6. The highest BCUT2D eigenvalue weighted by molar-refractivity contribution is 9.10. The molecule has 0 aliphatic carbocycles. The predicted molar refractivity (Wildman–Crippen MR) is 147 cm³/mol. The SMILES string of the molecule is CC(C)(C)OC(=O)Nc1nc(Cl)c(Br)cc1OCC(Cc1c[nH]c2ccccc12)NC(=O)OC(C)(C)C. The summed E-state index contributed by atoms with van der Waals surface area (Å²) in [5.41, 5.74) is 0.629. The molecule has 3 N–H and O–H groups in total. The molecule has 2 heterocycles. The number of nitrogens with zero attached hydrogens (tertiary/aromatic N) is 1. The minimum Gasteiger partial charge on any atom is -0.487 e. The van der Waals surface area contributed by atoms with Crippen LogP contribution in [0.15, 0.2) is 41.0 Å². The number of aromatic amines is 1. The predicted octanol–water partition coefficient (Wildman–Crippen LogP) is 6.84. The molecule has 2 amide bonds. The zero-order chi connectivity index (χ0) is 27.4. The van der Waals surface area contributed by atoms with E-state index in [0.717, 1.165) is 16.5 Å². The van der Waals surface area contributed by atoms with Crippen LogP contribution < -0.4 is 15.4 Å². The summed E-state index contributed by atoms with van der Waals surface area (Å²) in [7, 11) is 0. The summed E-state index contributed by atoms with van der Waals surface area (Å²) in [4.78, 5) is 32.4. The third-order valence-electron chi connectivity index (χ3n) is 4.82. The molecular formula is C26H32BrClN4O5. The molecule has 0 aliphatic heterocycles. The average Bonchev–Trinajstić information content (AvgIpc) is 3.15. The number of H-pyrrole nitrogens is 1. The lowest BCUT2D eigenvalue weighted by molar-refractivity contribution is 0.0487. The number of carbonyl (C=O) groups excluding carboxylic acids is 2. The fourth-order valence-corrected chi connectivity index (χ4v) is 3.87. The number of fused-ring (bicyclic) bond motifs is 1. The van der Waals surface area contributed by atoms with Crippen LogP contribution in [0.2, 0.25) is 5.15 Å². The Hall–Kier alpha value is -2.98. The molecule has 0 bridgehead atoms. The van der Waals surface area contributed by atoms with Crippen LogP contribution in [0.25, 0.3) is 10.9 Å². The number of pyridine rings is 1. The molecule has 1 atom stereocenters. The number of nitrogens with one attached hydrogen (secondary N) is 3. The molecule has 1 unspecified atom stereocenters. The van der Waals surface area contributed by atoms with Gasteiger partial charge in [-0.05, 0) is 75.5 Å². The van der Waals surface area contributed by atoms with Gasteiger partial charge in [0.15, 0.2) is 11.6 Å². The lowest BCUT2D eigenvalue weighted by Crippen LogP contribution is -2.43. The molecule has 11 heteroatoms. The second kappa shape index (κ2) is 11.6. The number of hydrogen-bond donors (Lipinski definition) is 3. The number of para-hydroxylation sites is 1. The monoisotopic (exact) mass is 594 g/mol. The molecule has 0 aliphatic rings. The lowest BCUT2D eigenvalue weighted by Gasteiger charge is -2.24. The first-order valence-electron chi connectivity index (χ1n) is 11.7. The highest BCUT2D eigenvalue weighted by Crippen LogP contribution is 2.32. The highest BCUT2D eigenvalue weighted by atomic mass is 79.9. The molecule has 9 nitrogen and oxygen atoms in total. The van der Waals surface area contributed by atoms with Crippen molar-refractivity contribution in [2.75, 3.05) is 11.9 Å². The number of alkyl carbamates (subject to hydrolysis) is 1. The van der Waals surface area contributed by atoms with E-state index in [4.69, 9.17) is 25.8 Å². The maximum atomic E-state index is 12.6. The van der Waals surface area contributed by atoms with Crippen molar-refractivity contribution in [3.8, 4) is 5.75 Å². The number of rotatable bonds is 7. The van der Waals surface area contributed by atoms with E-state index >= 15 is 0 Å². The van der Waals surface area contributed by atoms with Gasteiger partial charge in [-0.2, -0.15) is 0 Å². The summed E-state index contributed by atoms with van der Waals surface area (Å²) < 4.78 is 17.3. The third kappa shape index (κ3) is 8.82. The van der Waals surface area contributed by atoms with Crippen LogP contribution in [0.1, 0.15) is 47.1 Å². The van der Waals surface area contributed by atoms with Crippen molar-refractivity contribution in [2.45, 2.75) is 65.2 Å². The Kier molecular flexibility index (Phi) is 8.96. The number of ether oxygens (including phenoxy) is 3. The van der Waals surface area contributed by atoms with Gasteiger partial charge in [-0.15, -0.1) is 0 Å². The molecule has 200 valence electrons. The molecule has 0 saturated carbocycles. The van der Waals surface area contributed by atoms with E-state index in [1.165, 1.54) is 0 Å². The molecular weight excluding hydrogens is 564 g/mol. The fraction of sp³-hybridized carbons (Fsp3) is 0.423. The van der Waals surface area contributed by atoms with Crippen LogP contribution in [-0.2, 0) is 15.9 Å². The van der Waals surface area contributed by atoms with E-state index in [9.17, 15) is 9.59 Å². The van der Waals surface area contributed by atoms with Crippen molar-refractivity contribution in [1.29, 1.82) is 0 Å². The van der Waals surface area contributed by atoms with Crippen LogP contribution in [-0.4, -0.2) is 46.0 Å². The maximum Gasteiger partial charge on any atom is 0.413 e. The molecule has 1 aromatic carbocycles. The molecule has 0 saturated heterocycles. The number of benzene rings is 1. The summed E-state index contributed by atoms with van der Waals surface area (Å²) in [6, 6.07) is 9.02. The Bertz CT molecular complexity index is 1270. The van der Waals surface area contributed by atoms with Gasteiger partial charge in [-0.3, -0.25) is 5.32 Å². The number of carbonyl (C=O) groups is 2. The topological polar surface area (TPSA) is 115 Å². The van der Waals surface area contributed by atoms with Crippen molar-refractivity contribution >= 4 is 56.4 Å². The summed E-state index contributed by atoms with van der Waals surface area (Å²) in [5.74, 6) is 0.336. The van der Waals surface area contributed by atoms with Crippen molar-refractivity contribution in [3.05, 3.63) is 51.7 Å². The normalized spacial score (nSPS) is 12.6. The molecule has 0 radical (unpaired) electrons. The molecule has 37 heavy (non-hydrogen) atoms. The largest absolute Gasteiger partial charge is 0.487 e. The van der Waals surface area contributed by atoms with E-state index in [1.807, 2.05) is 30.5 Å². The number of halogens is 2. The van der Waals surface area contributed by atoms with E-state index in [-0.39, 0.29) is 23.3 Å². The van der Waals surface area contributed by atoms with Gasteiger partial charge < -0.3 is 24.5 Å². The minimum atomic E-state index is -0.703. The summed E-state index contributed by atoms with van der Waals surface area (Å²) in [6.45, 7) is 10.7. The number of anilines is 1. The van der Waals surface area contributed by atoms with Gasteiger partial charge in [0.05, 0.1) is 10.5 Å². The van der Waals surface area contributed by atoms with Crippen molar-refractivity contribution in [3.63, 3.8) is 0 Å². The molecule has 2 aromatic heterocycles. The van der Waals surface area contributed by atoms with E-state index in [0.29, 0.717) is 10.9 Å². The van der Waals surface area contributed by atoms with Crippen LogP contribution in [0.4, 0.5) is 15.4 Å². The Morgan fingerprint density at radius 3 is 2.41 bits per heavy atom. The Balaban J connectivity index is 1.83. The Morgan fingerprint density at radius 1 is 1.08 bits per heavy atom. The maximum absolute atomic E-state index is 12.6. The Morgan fingerprint density at radius 2 is 1.73 bits per heavy atom. The zero-order valence-corrected chi connectivity index (χ0v) is 24.0. The van der Waals surface area contributed by atoms with Crippen LogP contribution in [0.5, 0.6) is 5.75 Å². The lowest BCUT2D eigenvalue weighted by atomic mass is 10.1. The van der Waals surface area contributed by atoms with E-state index < -0.39 is 29.4 Å². The van der Waals surface area contributed by atoms with Gasteiger partial charge in [0, 0.05) is 23.2 Å². The summed E-state index contributed by atoms with van der Waals surface area (Å²) >= 11 is 9.50. The van der Waals surface area contributed by atoms with Crippen molar-refractivity contribution < 1.29 is 23.8 Å². The highest BCUT2D eigenvalue weighted by Gasteiger charge is 2.23. The molecule has 3 aromatic rings. The van der Waals surface area contributed by atoms with Gasteiger partial charge in [0.25, 0.3) is 0 Å². The van der Waals surface area contributed by atoms with Crippen molar-refractivity contribution in [2.24, 2.45) is 0 Å². The van der Waals surface area contributed by atoms with Crippen molar-refractivity contribution in [1.82, 2.24) is 15.3 Å². The summed E-state index contributed by atoms with van der Waals surface area (Å²) in [5, 5.41) is 6.66. The smallest absolute Gasteiger partial charge is 0.413 e. The molecule has 0 fully saturated rings. The van der Waals surface area contributed by atoms with Gasteiger partial charge in [0.1, 0.15) is 23.0 Å². The fourth-order valence-electron chi connectivity index (χ4n) is 3.43. The quantitative estimate of drug-likeness (QED) is 0.258. The van der Waals surface area contributed by atoms with Gasteiger partial charge in [0.2, 0.25) is 0 Å². The van der Waals surface area contributed by atoms with Crippen LogP contribution >= 0.6 is 27.5 Å². The van der Waals surface area contributed by atoms with Crippen LogP contribution in [0.3, 0.4) is 0 Å². The second-order valence-electron chi connectivity index (χ2n) is 10.5. The van der Waals surface area contributed by atoms with Gasteiger partial charge in [-0.1, -0.05) is 29.8 Å².